The van der Waals surface area contributed by atoms with Gasteiger partial charge >= 0.3 is 13.7 Å². The number of aliphatic hydroxyl groups excluding tert-OH is 1. The summed E-state index contributed by atoms with van der Waals surface area (Å²) in [4.78, 5) is 24.0. The molecule has 6 rings (SSSR count). The van der Waals surface area contributed by atoms with Gasteiger partial charge in [0.05, 0.1) is 19.8 Å². The fourth-order valence-corrected chi connectivity index (χ4v) is 7.77. The molecule has 0 aliphatic rings. The SMILES string of the molecule is CC(=O)O[C@H](COC(c1ccccc1)(c1ccccc1)c1ccccc1)COP(=O)(O)NC(c1ccccc1)(c1ccccc1)c1ccccc1.NCCO. The van der Waals surface area contributed by atoms with E-state index in [0.29, 0.717) is 6.54 Å². The van der Waals surface area contributed by atoms with Gasteiger partial charge in [-0.05, 0) is 33.4 Å². The summed E-state index contributed by atoms with van der Waals surface area (Å²) in [6.45, 7) is 1.18. The quantitative estimate of drug-likeness (QED) is 0.0447. The molecule has 0 amide bonds. The predicted molar refractivity (Wildman–Crippen MR) is 215 cm³/mol. The van der Waals surface area contributed by atoms with Crippen LogP contribution in [0.2, 0.25) is 0 Å². The van der Waals surface area contributed by atoms with Gasteiger partial charge in [-0.1, -0.05) is 182 Å². The molecule has 0 saturated heterocycles. The number of benzene rings is 6. The van der Waals surface area contributed by atoms with E-state index in [2.05, 4.69) is 5.09 Å². The average Bonchev–Trinajstić information content (AvgIpc) is 3.24. The summed E-state index contributed by atoms with van der Waals surface area (Å²) in [5.41, 5.74) is 7.18. The second-order valence-corrected chi connectivity index (χ2v) is 14.1. The minimum Gasteiger partial charge on any atom is -0.458 e. The van der Waals surface area contributed by atoms with Gasteiger partial charge in [-0.25, -0.2) is 9.65 Å². The summed E-state index contributed by atoms with van der Waals surface area (Å²) in [6, 6.07) is 57.8. The number of nitrogens with one attached hydrogen (secondary N) is 1. The Morgan fingerprint density at radius 2 is 0.927 bits per heavy atom. The van der Waals surface area contributed by atoms with Crippen LogP contribution >= 0.6 is 7.75 Å². The zero-order chi connectivity index (χ0) is 39.0. The van der Waals surface area contributed by atoms with Gasteiger partial charge in [0, 0.05) is 13.5 Å². The Hall–Kier alpha value is -5.22. The molecule has 6 aromatic rings. The Kier molecular flexibility index (Phi) is 14.8. The number of rotatable bonds is 16. The molecule has 0 aliphatic carbocycles. The molecular weight excluding hydrogens is 711 g/mol. The van der Waals surface area contributed by atoms with E-state index >= 15 is 0 Å². The van der Waals surface area contributed by atoms with E-state index in [-0.39, 0.29) is 13.2 Å². The number of hydrogen-bond donors (Lipinski definition) is 4. The lowest BCUT2D eigenvalue weighted by Crippen LogP contribution is -2.43. The van der Waals surface area contributed by atoms with Crippen LogP contribution in [-0.2, 0) is 34.5 Å². The Morgan fingerprint density at radius 3 is 1.22 bits per heavy atom. The van der Waals surface area contributed by atoms with Gasteiger partial charge in [0.1, 0.15) is 17.2 Å². The van der Waals surface area contributed by atoms with Crippen LogP contribution in [0.4, 0.5) is 0 Å². The molecule has 9 nitrogen and oxygen atoms in total. The molecule has 5 N–H and O–H groups in total. The van der Waals surface area contributed by atoms with Crippen molar-refractivity contribution in [3.05, 3.63) is 215 Å². The molecule has 0 fully saturated rings. The number of aliphatic hydroxyl groups is 1. The summed E-state index contributed by atoms with van der Waals surface area (Å²) < 4.78 is 32.6. The van der Waals surface area contributed by atoms with Crippen molar-refractivity contribution in [2.45, 2.75) is 24.2 Å². The van der Waals surface area contributed by atoms with Gasteiger partial charge < -0.3 is 25.2 Å². The molecule has 0 spiro atoms. The lowest BCUT2D eigenvalue weighted by Gasteiger charge is -2.38. The Bertz CT molecular complexity index is 1860. The average molecular weight is 759 g/mol. The van der Waals surface area contributed by atoms with Gasteiger partial charge in [0.15, 0.2) is 0 Å². The molecule has 55 heavy (non-hydrogen) atoms. The fourth-order valence-electron chi connectivity index (χ4n) is 6.52. The summed E-state index contributed by atoms with van der Waals surface area (Å²) in [5.74, 6) is -0.579. The topological polar surface area (TPSA) is 140 Å². The van der Waals surface area contributed by atoms with Gasteiger partial charge in [0.25, 0.3) is 0 Å². The third kappa shape index (κ3) is 10.3. The maximum absolute atomic E-state index is 14.2. The van der Waals surface area contributed by atoms with E-state index in [1.165, 1.54) is 6.92 Å². The zero-order valence-corrected chi connectivity index (χ0v) is 31.6. The molecule has 0 aromatic heterocycles. The van der Waals surface area contributed by atoms with Crippen molar-refractivity contribution < 1.29 is 33.4 Å². The second kappa shape index (κ2) is 19.9. The van der Waals surface area contributed by atoms with E-state index in [0.717, 1.165) is 33.4 Å². The Balaban J connectivity index is 0.00000138. The standard InChI is InChI=1S/C43H40NO6P.C2H7NO/c1-34(45)50-41(32-48-43(38-26-14-5-15-27-38,39-28-16-6-17-29-39)40-30-18-7-19-31-40)33-49-51(46,47)44-42(35-20-8-2-9-21-35,36-22-10-3-11-23-36)37-24-12-4-13-25-37;3-1-2-4/h2-31,41H,32-33H2,1H3,(H2,44,46,47);4H,1-3H2/t41-;/m1./s1. The first kappa shape index (κ1) is 41.0. The summed E-state index contributed by atoms with van der Waals surface area (Å²) in [5, 5.41) is 10.8. The van der Waals surface area contributed by atoms with Crippen molar-refractivity contribution in [3.63, 3.8) is 0 Å². The number of esters is 1. The van der Waals surface area contributed by atoms with Crippen LogP contribution in [0.1, 0.15) is 40.3 Å². The minimum absolute atomic E-state index is 0.0972. The first-order valence-corrected chi connectivity index (χ1v) is 19.5. The maximum atomic E-state index is 14.2. The van der Waals surface area contributed by atoms with E-state index in [4.69, 9.17) is 24.8 Å². The molecule has 0 radical (unpaired) electrons. The predicted octanol–water partition coefficient (Wildman–Crippen LogP) is 7.56. The van der Waals surface area contributed by atoms with Crippen LogP contribution in [-0.4, -0.2) is 48.4 Å². The molecule has 0 bridgehead atoms. The van der Waals surface area contributed by atoms with Gasteiger partial charge in [0.2, 0.25) is 0 Å². The van der Waals surface area contributed by atoms with Crippen LogP contribution in [0.15, 0.2) is 182 Å². The first-order valence-electron chi connectivity index (χ1n) is 18.0. The van der Waals surface area contributed by atoms with Crippen LogP contribution in [0.5, 0.6) is 0 Å². The molecule has 0 saturated carbocycles. The van der Waals surface area contributed by atoms with Crippen molar-refractivity contribution in [2.75, 3.05) is 26.4 Å². The third-order valence-corrected chi connectivity index (χ3v) is 9.97. The van der Waals surface area contributed by atoms with Crippen molar-refractivity contribution in [1.82, 2.24) is 5.09 Å². The Labute approximate surface area is 323 Å². The number of carbonyl (C=O) groups excluding carboxylic acids is 1. The van der Waals surface area contributed by atoms with Gasteiger partial charge in [-0.2, -0.15) is 0 Å². The highest BCUT2D eigenvalue weighted by molar-refractivity contribution is 7.50. The van der Waals surface area contributed by atoms with Crippen LogP contribution in [0.25, 0.3) is 0 Å². The largest absolute Gasteiger partial charge is 0.458 e. The normalized spacial score (nSPS) is 13.1. The molecule has 10 heteroatoms. The van der Waals surface area contributed by atoms with Crippen molar-refractivity contribution in [1.29, 1.82) is 0 Å². The molecule has 0 aliphatic heterocycles. The van der Waals surface area contributed by atoms with E-state index in [1.54, 1.807) is 0 Å². The van der Waals surface area contributed by atoms with Crippen LogP contribution in [0.3, 0.4) is 0 Å². The van der Waals surface area contributed by atoms with Crippen LogP contribution < -0.4 is 10.8 Å². The number of hydrogen-bond acceptors (Lipinski definition) is 7. The highest BCUT2D eigenvalue weighted by Gasteiger charge is 2.43. The zero-order valence-electron chi connectivity index (χ0n) is 30.7. The Morgan fingerprint density at radius 1 is 0.618 bits per heavy atom. The molecule has 0 heterocycles. The molecule has 2 atom stereocenters. The van der Waals surface area contributed by atoms with Gasteiger partial charge in [-0.3, -0.25) is 9.32 Å². The van der Waals surface area contributed by atoms with Crippen molar-refractivity contribution in [3.8, 4) is 0 Å². The lowest BCUT2D eigenvalue weighted by atomic mass is 9.78. The first-order chi connectivity index (χ1) is 26.7. The molecule has 6 aromatic carbocycles. The smallest absolute Gasteiger partial charge is 0.404 e. The fraction of sp³-hybridized carbons (Fsp3) is 0.178. The molecule has 1 unspecified atom stereocenters. The second-order valence-electron chi connectivity index (χ2n) is 12.6. The monoisotopic (exact) mass is 758 g/mol. The van der Waals surface area contributed by atoms with Gasteiger partial charge in [-0.15, -0.1) is 0 Å². The third-order valence-electron chi connectivity index (χ3n) is 8.85. The van der Waals surface area contributed by atoms with Crippen molar-refractivity contribution in [2.24, 2.45) is 5.73 Å². The minimum atomic E-state index is -4.64. The van der Waals surface area contributed by atoms with E-state index in [1.807, 2.05) is 182 Å². The van der Waals surface area contributed by atoms with E-state index < -0.39 is 37.6 Å². The summed E-state index contributed by atoms with van der Waals surface area (Å²) >= 11 is 0. The summed E-state index contributed by atoms with van der Waals surface area (Å²) in [7, 11) is -4.64. The number of ether oxygens (including phenoxy) is 2. The number of nitrogens with two attached hydrogens (primary N) is 1. The molecular formula is C45H47N2O7P. The summed E-state index contributed by atoms with van der Waals surface area (Å²) in [6.07, 6.45) is -1.04. The highest BCUT2D eigenvalue weighted by atomic mass is 31.2. The number of carbonyl (C=O) groups is 1. The van der Waals surface area contributed by atoms with Crippen molar-refractivity contribution >= 4 is 13.7 Å². The highest BCUT2D eigenvalue weighted by Crippen LogP contribution is 2.48. The maximum Gasteiger partial charge on any atom is 0.404 e. The lowest BCUT2D eigenvalue weighted by molar-refractivity contribution is -0.154. The van der Waals surface area contributed by atoms with Crippen LogP contribution in [0, 0.1) is 0 Å². The molecule has 284 valence electrons. The van der Waals surface area contributed by atoms with E-state index in [9.17, 15) is 14.3 Å².